The van der Waals surface area contributed by atoms with Crippen molar-refractivity contribution in [2.75, 3.05) is 10.6 Å². The van der Waals surface area contributed by atoms with E-state index in [9.17, 15) is 9.65 Å². The SMILES string of the molecule is CC(C)N1C=C([C@@H](Nc2cc(Cl)c3ncc(C#N)c(Nc4cccc(Cl)c4F)c3c2)c2ccccc2)NN1. The number of hydrazine groups is 2. The molecule has 1 atom stereocenters. The molecule has 192 valence electrons. The molecule has 7 nitrogen and oxygen atoms in total. The van der Waals surface area contributed by atoms with E-state index in [-0.39, 0.29) is 28.4 Å². The van der Waals surface area contributed by atoms with Crippen molar-refractivity contribution < 1.29 is 4.39 Å². The number of nitrogens with zero attached hydrogens (tertiary/aromatic N) is 3. The van der Waals surface area contributed by atoms with E-state index in [1.807, 2.05) is 47.6 Å². The Labute approximate surface area is 229 Å². The highest BCUT2D eigenvalue weighted by Gasteiger charge is 2.24. The van der Waals surface area contributed by atoms with Crippen molar-refractivity contribution in [1.29, 1.82) is 5.26 Å². The van der Waals surface area contributed by atoms with Gasteiger partial charge in [0.15, 0.2) is 5.82 Å². The van der Waals surface area contributed by atoms with Crippen LogP contribution in [0.4, 0.5) is 21.5 Å². The van der Waals surface area contributed by atoms with Crippen LogP contribution in [0.25, 0.3) is 10.9 Å². The summed E-state index contributed by atoms with van der Waals surface area (Å²) in [4.78, 5) is 4.40. The minimum atomic E-state index is -0.617. The van der Waals surface area contributed by atoms with Crippen molar-refractivity contribution in [2.24, 2.45) is 0 Å². The second-order valence-electron chi connectivity index (χ2n) is 9.05. The van der Waals surface area contributed by atoms with Gasteiger partial charge in [-0.2, -0.15) is 5.26 Å². The highest BCUT2D eigenvalue weighted by Crippen LogP contribution is 2.37. The summed E-state index contributed by atoms with van der Waals surface area (Å²) in [6.45, 7) is 4.17. The molecule has 0 spiro atoms. The molecule has 38 heavy (non-hydrogen) atoms. The number of pyridine rings is 1. The minimum Gasteiger partial charge on any atom is -0.373 e. The Morgan fingerprint density at radius 2 is 1.84 bits per heavy atom. The molecule has 0 bridgehead atoms. The second-order valence-corrected chi connectivity index (χ2v) is 9.86. The average molecular weight is 548 g/mol. The van der Waals surface area contributed by atoms with Crippen molar-refractivity contribution in [3.63, 3.8) is 0 Å². The van der Waals surface area contributed by atoms with Crippen LogP contribution in [0, 0.1) is 17.1 Å². The maximum absolute atomic E-state index is 14.7. The van der Waals surface area contributed by atoms with Crippen LogP contribution in [0.2, 0.25) is 10.0 Å². The number of halogens is 3. The summed E-state index contributed by atoms with van der Waals surface area (Å²) >= 11 is 12.7. The maximum Gasteiger partial charge on any atom is 0.165 e. The van der Waals surface area contributed by atoms with E-state index in [2.05, 4.69) is 46.5 Å². The highest BCUT2D eigenvalue weighted by molar-refractivity contribution is 6.36. The number of aromatic nitrogens is 1. The van der Waals surface area contributed by atoms with Crippen molar-refractivity contribution in [3.05, 3.63) is 106 Å². The van der Waals surface area contributed by atoms with Crippen LogP contribution in [0.3, 0.4) is 0 Å². The number of nitriles is 1. The van der Waals surface area contributed by atoms with Gasteiger partial charge in [-0.15, -0.1) is 5.53 Å². The normalized spacial score (nSPS) is 13.7. The molecule has 3 aromatic carbocycles. The quantitative estimate of drug-likeness (QED) is 0.197. The Bertz CT molecular complexity index is 1570. The van der Waals surface area contributed by atoms with Crippen LogP contribution in [0.1, 0.15) is 31.0 Å². The molecule has 4 aromatic rings. The fourth-order valence-electron chi connectivity index (χ4n) is 4.22. The topological polar surface area (TPSA) is 88.0 Å². The Morgan fingerprint density at radius 1 is 1.05 bits per heavy atom. The number of hydrogen-bond acceptors (Lipinski definition) is 7. The summed E-state index contributed by atoms with van der Waals surface area (Å²) in [5.74, 6) is -0.617. The zero-order chi connectivity index (χ0) is 26.8. The predicted octanol–water partition coefficient (Wildman–Crippen LogP) is 7.02. The standard InChI is InChI=1S/C28H24Cl2FN7/c1-16(2)38-15-24(36-37-38)27(17-7-4-3-5-8-17)34-19-11-20-26(35-23-10-6-9-21(29)25(23)31)18(13-32)14-33-28(20)22(30)12-19/h3-12,14-16,27,34,36-37H,1-2H3,(H,33,35)/t27-/m0/s1. The lowest BCUT2D eigenvalue weighted by Gasteiger charge is -2.22. The number of hydrogen-bond donors (Lipinski definition) is 4. The number of anilines is 3. The number of benzene rings is 3. The first-order valence-corrected chi connectivity index (χ1v) is 12.7. The van der Waals surface area contributed by atoms with Gasteiger partial charge in [0.25, 0.3) is 0 Å². The molecule has 0 fully saturated rings. The van der Waals surface area contributed by atoms with Crippen molar-refractivity contribution in [1.82, 2.24) is 21.0 Å². The third kappa shape index (κ3) is 5.04. The molecular weight excluding hydrogens is 524 g/mol. The van der Waals surface area contributed by atoms with Gasteiger partial charge >= 0.3 is 0 Å². The van der Waals surface area contributed by atoms with Gasteiger partial charge in [-0.05, 0) is 43.7 Å². The Kier molecular flexibility index (Phi) is 7.25. The first-order chi connectivity index (χ1) is 18.4. The lowest BCUT2D eigenvalue weighted by molar-refractivity contribution is 0.221. The van der Waals surface area contributed by atoms with Crippen LogP contribution in [0.15, 0.2) is 78.8 Å². The first-order valence-electron chi connectivity index (χ1n) is 11.9. The number of rotatable bonds is 7. The third-order valence-electron chi connectivity index (χ3n) is 6.18. The van der Waals surface area contributed by atoms with Crippen LogP contribution < -0.4 is 21.6 Å². The lowest BCUT2D eigenvalue weighted by Crippen LogP contribution is -2.41. The minimum absolute atomic E-state index is 0.0284. The summed E-state index contributed by atoms with van der Waals surface area (Å²) in [5.41, 5.74) is 10.3. The van der Waals surface area contributed by atoms with Crippen LogP contribution in [0.5, 0.6) is 0 Å². The Hall–Kier alpha value is -4.03. The Balaban J connectivity index is 1.60. The fraction of sp³-hybridized carbons (Fsp3) is 0.143. The summed E-state index contributed by atoms with van der Waals surface area (Å²) < 4.78 is 14.7. The number of nitrogens with one attached hydrogen (secondary N) is 4. The third-order valence-corrected chi connectivity index (χ3v) is 6.76. The van der Waals surface area contributed by atoms with Gasteiger partial charge in [0.05, 0.1) is 44.2 Å². The molecule has 0 aliphatic carbocycles. The van der Waals surface area contributed by atoms with Crippen LogP contribution in [-0.4, -0.2) is 16.0 Å². The van der Waals surface area contributed by atoms with Gasteiger partial charge in [-0.25, -0.2) is 4.39 Å². The highest BCUT2D eigenvalue weighted by atomic mass is 35.5. The van der Waals surface area contributed by atoms with Gasteiger partial charge in [0, 0.05) is 29.5 Å². The smallest absolute Gasteiger partial charge is 0.165 e. The molecule has 2 heterocycles. The summed E-state index contributed by atoms with van der Waals surface area (Å²) in [6, 6.07) is 20.4. The summed E-state index contributed by atoms with van der Waals surface area (Å²) in [5, 5.41) is 19.3. The molecular formula is C28H24Cl2FN7. The van der Waals surface area contributed by atoms with Crippen molar-refractivity contribution in [3.8, 4) is 6.07 Å². The van der Waals surface area contributed by atoms with E-state index in [1.165, 1.54) is 12.3 Å². The Morgan fingerprint density at radius 3 is 2.55 bits per heavy atom. The maximum atomic E-state index is 14.7. The van der Waals surface area contributed by atoms with Gasteiger partial charge in [-0.1, -0.05) is 59.6 Å². The summed E-state index contributed by atoms with van der Waals surface area (Å²) in [6.07, 6.45) is 3.43. The molecule has 0 radical (unpaired) electrons. The van der Waals surface area contributed by atoms with Gasteiger partial charge in [0.2, 0.25) is 0 Å². The summed E-state index contributed by atoms with van der Waals surface area (Å²) in [7, 11) is 0. The molecule has 5 rings (SSSR count). The number of fused-ring (bicyclic) bond motifs is 1. The molecule has 0 amide bonds. The van der Waals surface area contributed by atoms with E-state index < -0.39 is 5.82 Å². The van der Waals surface area contributed by atoms with Crippen LogP contribution in [-0.2, 0) is 0 Å². The zero-order valence-corrected chi connectivity index (χ0v) is 22.1. The molecule has 0 saturated heterocycles. The molecule has 1 aromatic heterocycles. The molecule has 0 saturated carbocycles. The largest absolute Gasteiger partial charge is 0.373 e. The predicted molar refractivity (Wildman–Crippen MR) is 150 cm³/mol. The molecule has 10 heteroatoms. The first kappa shape index (κ1) is 25.6. The molecule has 0 unspecified atom stereocenters. The molecule has 1 aliphatic rings. The van der Waals surface area contributed by atoms with E-state index in [1.54, 1.807) is 18.2 Å². The van der Waals surface area contributed by atoms with Gasteiger partial charge < -0.3 is 16.1 Å². The van der Waals surface area contributed by atoms with Crippen molar-refractivity contribution in [2.45, 2.75) is 25.9 Å². The molecule has 1 aliphatic heterocycles. The van der Waals surface area contributed by atoms with E-state index in [0.717, 1.165) is 11.3 Å². The lowest BCUT2D eigenvalue weighted by atomic mass is 10.0. The van der Waals surface area contributed by atoms with Crippen LogP contribution >= 0.6 is 23.2 Å². The van der Waals surface area contributed by atoms with Gasteiger partial charge in [-0.3, -0.25) is 9.99 Å². The van der Waals surface area contributed by atoms with E-state index in [4.69, 9.17) is 23.2 Å². The molecule has 4 N–H and O–H groups in total. The zero-order valence-electron chi connectivity index (χ0n) is 20.6. The van der Waals surface area contributed by atoms with E-state index in [0.29, 0.717) is 27.3 Å². The fourth-order valence-corrected chi connectivity index (χ4v) is 4.66. The van der Waals surface area contributed by atoms with Crippen molar-refractivity contribution >= 4 is 51.2 Å². The van der Waals surface area contributed by atoms with Gasteiger partial charge in [0.1, 0.15) is 6.07 Å². The second kappa shape index (κ2) is 10.8. The monoisotopic (exact) mass is 547 g/mol. The van der Waals surface area contributed by atoms with E-state index >= 15 is 0 Å². The average Bonchev–Trinajstić information content (AvgIpc) is 3.41.